The highest BCUT2D eigenvalue weighted by Crippen LogP contribution is 2.18. The largest absolute Gasteiger partial charge is 0.383 e. The maximum absolute atomic E-state index is 5.20. The van der Waals surface area contributed by atoms with Crippen molar-refractivity contribution in [2.45, 2.75) is 32.2 Å². The quantitative estimate of drug-likeness (QED) is 0.722. The van der Waals surface area contributed by atoms with E-state index >= 15 is 0 Å². The average Bonchev–Trinajstić information content (AvgIpc) is 2.29. The molecule has 1 rings (SSSR count). The number of rotatable bonds is 6. The summed E-state index contributed by atoms with van der Waals surface area (Å²) >= 11 is 0. The van der Waals surface area contributed by atoms with Gasteiger partial charge in [0.25, 0.3) is 0 Å². The molecule has 1 aliphatic heterocycles. The molecule has 0 aromatic heterocycles. The lowest BCUT2D eigenvalue weighted by Gasteiger charge is -2.34. The molecule has 1 fully saturated rings. The first-order valence-electron chi connectivity index (χ1n) is 6.18. The lowest BCUT2D eigenvalue weighted by molar-refractivity contribution is 0.115. The van der Waals surface area contributed by atoms with Crippen LogP contribution in [0.1, 0.15) is 26.2 Å². The number of ether oxygens (including phenoxy) is 1. The Morgan fingerprint density at radius 2 is 2.33 bits per heavy atom. The van der Waals surface area contributed by atoms with E-state index in [0.717, 1.165) is 19.1 Å². The second-order valence-corrected chi connectivity index (χ2v) is 4.62. The van der Waals surface area contributed by atoms with Crippen molar-refractivity contribution >= 4 is 0 Å². The van der Waals surface area contributed by atoms with Gasteiger partial charge in [-0.2, -0.15) is 0 Å². The summed E-state index contributed by atoms with van der Waals surface area (Å²) in [5, 5.41) is 3.32. The Bertz CT molecular complexity index is 164. The van der Waals surface area contributed by atoms with E-state index in [1.165, 1.54) is 32.4 Å². The fourth-order valence-electron chi connectivity index (χ4n) is 2.39. The highest BCUT2D eigenvalue weighted by molar-refractivity contribution is 4.76. The molecule has 3 nitrogen and oxygen atoms in total. The van der Waals surface area contributed by atoms with Crippen LogP contribution in [-0.4, -0.2) is 51.3 Å². The molecule has 3 heteroatoms. The molecule has 0 aliphatic carbocycles. The third kappa shape index (κ3) is 4.49. The molecule has 2 unspecified atom stereocenters. The summed E-state index contributed by atoms with van der Waals surface area (Å²) in [6.07, 6.45) is 4.11. The molecule has 90 valence electrons. The first-order valence-corrected chi connectivity index (χ1v) is 6.18. The number of nitrogens with zero attached hydrogens (tertiary/aromatic N) is 1. The van der Waals surface area contributed by atoms with E-state index in [4.69, 9.17) is 4.74 Å². The smallest absolute Gasteiger partial charge is 0.0628 e. The molecular formula is C12H26N2O. The number of piperidine rings is 1. The van der Waals surface area contributed by atoms with Crippen molar-refractivity contribution in [3.63, 3.8) is 0 Å². The monoisotopic (exact) mass is 214 g/mol. The van der Waals surface area contributed by atoms with Gasteiger partial charge >= 0.3 is 0 Å². The second kappa shape index (κ2) is 7.20. The van der Waals surface area contributed by atoms with Gasteiger partial charge in [0.15, 0.2) is 0 Å². The summed E-state index contributed by atoms with van der Waals surface area (Å²) in [5.41, 5.74) is 0. The topological polar surface area (TPSA) is 24.5 Å². The number of hydrogen-bond donors (Lipinski definition) is 1. The van der Waals surface area contributed by atoms with Crippen LogP contribution in [-0.2, 0) is 4.74 Å². The SMILES string of the molecule is CCC1CCCN(CC(COC)NC)C1. The number of methoxy groups -OCH3 is 1. The van der Waals surface area contributed by atoms with E-state index in [1.54, 1.807) is 7.11 Å². The Morgan fingerprint density at radius 1 is 1.53 bits per heavy atom. The predicted octanol–water partition coefficient (Wildman–Crippen LogP) is 1.34. The summed E-state index contributed by atoms with van der Waals surface area (Å²) in [6, 6.07) is 0.477. The van der Waals surface area contributed by atoms with Crippen LogP contribution >= 0.6 is 0 Å². The lowest BCUT2D eigenvalue weighted by atomic mass is 9.95. The van der Waals surface area contributed by atoms with E-state index in [0.29, 0.717) is 6.04 Å². The second-order valence-electron chi connectivity index (χ2n) is 4.62. The van der Waals surface area contributed by atoms with Gasteiger partial charge in [-0.3, -0.25) is 0 Å². The van der Waals surface area contributed by atoms with Crippen LogP contribution < -0.4 is 5.32 Å². The number of nitrogens with one attached hydrogen (secondary N) is 1. The molecule has 0 radical (unpaired) electrons. The minimum absolute atomic E-state index is 0.477. The molecule has 0 amide bonds. The van der Waals surface area contributed by atoms with Gasteiger partial charge in [0.2, 0.25) is 0 Å². The molecule has 0 saturated carbocycles. The fraction of sp³-hybridized carbons (Fsp3) is 1.00. The van der Waals surface area contributed by atoms with Gasteiger partial charge in [-0.25, -0.2) is 0 Å². The van der Waals surface area contributed by atoms with Crippen LogP contribution in [0.5, 0.6) is 0 Å². The minimum Gasteiger partial charge on any atom is -0.383 e. The summed E-state index contributed by atoms with van der Waals surface area (Å²) < 4.78 is 5.20. The molecule has 1 heterocycles. The van der Waals surface area contributed by atoms with Crippen LogP contribution in [0.2, 0.25) is 0 Å². The van der Waals surface area contributed by atoms with Crippen LogP contribution in [0.15, 0.2) is 0 Å². The first kappa shape index (κ1) is 12.9. The maximum Gasteiger partial charge on any atom is 0.0628 e. The fourth-order valence-corrected chi connectivity index (χ4v) is 2.39. The highest BCUT2D eigenvalue weighted by Gasteiger charge is 2.20. The molecule has 0 aromatic rings. The van der Waals surface area contributed by atoms with Gasteiger partial charge in [0.05, 0.1) is 6.61 Å². The van der Waals surface area contributed by atoms with Gasteiger partial charge < -0.3 is 15.0 Å². The Hall–Kier alpha value is -0.120. The zero-order chi connectivity index (χ0) is 11.1. The molecule has 0 bridgehead atoms. The molecule has 2 atom stereocenters. The van der Waals surface area contributed by atoms with Crippen molar-refractivity contribution in [1.29, 1.82) is 0 Å². The van der Waals surface area contributed by atoms with Crippen molar-refractivity contribution in [2.24, 2.45) is 5.92 Å². The van der Waals surface area contributed by atoms with Crippen LogP contribution in [0, 0.1) is 5.92 Å². The van der Waals surface area contributed by atoms with Crippen molar-refractivity contribution < 1.29 is 4.74 Å². The standard InChI is InChI=1S/C12H26N2O/c1-4-11-6-5-7-14(8-11)9-12(13-2)10-15-3/h11-13H,4-10H2,1-3H3. The summed E-state index contributed by atoms with van der Waals surface area (Å²) in [6.45, 7) is 6.78. The number of hydrogen-bond acceptors (Lipinski definition) is 3. The third-order valence-electron chi connectivity index (χ3n) is 3.44. The number of likely N-dealkylation sites (tertiary alicyclic amines) is 1. The number of likely N-dealkylation sites (N-methyl/N-ethyl adjacent to an activating group) is 1. The van der Waals surface area contributed by atoms with Gasteiger partial charge in [0.1, 0.15) is 0 Å². The van der Waals surface area contributed by atoms with E-state index in [9.17, 15) is 0 Å². The molecule has 1 N–H and O–H groups in total. The van der Waals surface area contributed by atoms with Crippen molar-refractivity contribution in [2.75, 3.05) is 40.4 Å². The molecule has 0 spiro atoms. The first-order chi connectivity index (χ1) is 7.30. The zero-order valence-corrected chi connectivity index (χ0v) is 10.5. The predicted molar refractivity (Wildman–Crippen MR) is 64.2 cm³/mol. The Balaban J connectivity index is 2.29. The zero-order valence-electron chi connectivity index (χ0n) is 10.5. The normalized spacial score (nSPS) is 25.4. The van der Waals surface area contributed by atoms with E-state index in [2.05, 4.69) is 17.1 Å². The lowest BCUT2D eigenvalue weighted by Crippen LogP contribution is -2.45. The average molecular weight is 214 g/mol. The molecule has 1 aliphatic rings. The molecule has 0 aromatic carbocycles. The van der Waals surface area contributed by atoms with Crippen molar-refractivity contribution in [1.82, 2.24) is 10.2 Å². The van der Waals surface area contributed by atoms with E-state index in [1.807, 2.05) is 7.05 Å². The van der Waals surface area contributed by atoms with Crippen LogP contribution in [0.25, 0.3) is 0 Å². The van der Waals surface area contributed by atoms with Crippen LogP contribution in [0.4, 0.5) is 0 Å². The summed E-state index contributed by atoms with van der Waals surface area (Å²) in [4.78, 5) is 2.58. The Morgan fingerprint density at radius 3 is 2.93 bits per heavy atom. The maximum atomic E-state index is 5.20. The minimum atomic E-state index is 0.477. The van der Waals surface area contributed by atoms with Gasteiger partial charge in [0, 0.05) is 26.2 Å². The molecular weight excluding hydrogens is 188 g/mol. The Labute approximate surface area is 94.2 Å². The van der Waals surface area contributed by atoms with Crippen LogP contribution in [0.3, 0.4) is 0 Å². The van der Waals surface area contributed by atoms with Crippen molar-refractivity contribution in [3.8, 4) is 0 Å². The molecule has 15 heavy (non-hydrogen) atoms. The Kier molecular flexibility index (Phi) is 6.22. The summed E-state index contributed by atoms with van der Waals surface area (Å²) in [7, 11) is 3.79. The van der Waals surface area contributed by atoms with E-state index < -0.39 is 0 Å². The van der Waals surface area contributed by atoms with Crippen molar-refractivity contribution in [3.05, 3.63) is 0 Å². The molecule has 1 saturated heterocycles. The van der Waals surface area contributed by atoms with Gasteiger partial charge in [-0.05, 0) is 32.4 Å². The van der Waals surface area contributed by atoms with Gasteiger partial charge in [-0.1, -0.05) is 13.3 Å². The van der Waals surface area contributed by atoms with Gasteiger partial charge in [-0.15, -0.1) is 0 Å². The van der Waals surface area contributed by atoms with E-state index in [-0.39, 0.29) is 0 Å². The highest BCUT2D eigenvalue weighted by atomic mass is 16.5. The third-order valence-corrected chi connectivity index (χ3v) is 3.44. The summed E-state index contributed by atoms with van der Waals surface area (Å²) in [5.74, 6) is 0.916.